The van der Waals surface area contributed by atoms with Crippen molar-refractivity contribution in [3.05, 3.63) is 57.2 Å². The van der Waals surface area contributed by atoms with Crippen molar-refractivity contribution in [2.75, 3.05) is 18.0 Å². The number of nitrogens with one attached hydrogen (secondary N) is 3. The van der Waals surface area contributed by atoms with Gasteiger partial charge < -0.3 is 20.3 Å². The van der Waals surface area contributed by atoms with E-state index in [0.29, 0.717) is 43.6 Å². The van der Waals surface area contributed by atoms with Crippen LogP contribution in [0.1, 0.15) is 42.5 Å². The number of benzene rings is 1. The van der Waals surface area contributed by atoms with E-state index in [1.165, 1.54) is 30.5 Å². The summed E-state index contributed by atoms with van der Waals surface area (Å²) in [5.41, 5.74) is 0.483. The van der Waals surface area contributed by atoms with E-state index in [9.17, 15) is 18.8 Å². The lowest BCUT2D eigenvalue weighted by Crippen LogP contribution is -2.44. The predicted molar refractivity (Wildman–Crippen MR) is 120 cm³/mol. The van der Waals surface area contributed by atoms with Gasteiger partial charge in [0.25, 0.3) is 11.5 Å². The third-order valence-corrected chi connectivity index (χ3v) is 6.39. The standard InChI is InChI=1S/C22H25ClFN5O4/c23-19-18(11-25-28-21(19)31)29-10-9-17(12-29)33-22(32)27-16-7-5-15(6-8-16)26-20(30)13-1-3-14(24)4-2-13/h1-4,11,15-17H,5-10,12H2,(H,26,30)(H,27,32)(H,28,31)/t15?,16?,17-/m1/s1. The minimum absolute atomic E-state index is 0.00685. The maximum atomic E-state index is 13.0. The third kappa shape index (κ3) is 5.81. The summed E-state index contributed by atoms with van der Waals surface area (Å²) in [7, 11) is 0. The molecular weight excluding hydrogens is 453 g/mol. The number of H-pyrrole nitrogens is 1. The number of hydrogen-bond acceptors (Lipinski definition) is 6. The van der Waals surface area contributed by atoms with E-state index < -0.39 is 11.7 Å². The maximum Gasteiger partial charge on any atom is 0.407 e. The first kappa shape index (κ1) is 23.0. The van der Waals surface area contributed by atoms with Crippen molar-refractivity contribution in [1.82, 2.24) is 20.8 Å². The third-order valence-electron chi connectivity index (χ3n) is 6.03. The molecule has 0 bridgehead atoms. The fourth-order valence-electron chi connectivity index (χ4n) is 4.24. The van der Waals surface area contributed by atoms with Gasteiger partial charge in [-0.3, -0.25) is 9.59 Å². The zero-order chi connectivity index (χ0) is 23.4. The lowest BCUT2D eigenvalue weighted by atomic mass is 9.91. The summed E-state index contributed by atoms with van der Waals surface area (Å²) < 4.78 is 18.6. The van der Waals surface area contributed by atoms with Gasteiger partial charge in [-0.05, 0) is 49.9 Å². The molecule has 0 unspecified atom stereocenters. The van der Waals surface area contributed by atoms with E-state index in [1.54, 1.807) is 0 Å². The van der Waals surface area contributed by atoms with Crippen LogP contribution in [0.2, 0.25) is 5.02 Å². The Balaban J connectivity index is 1.19. The van der Waals surface area contributed by atoms with Crippen molar-refractivity contribution < 1.29 is 18.7 Å². The molecule has 2 aliphatic rings. The van der Waals surface area contributed by atoms with Crippen molar-refractivity contribution in [2.24, 2.45) is 0 Å². The summed E-state index contributed by atoms with van der Waals surface area (Å²) in [6.07, 6.45) is 4.20. The molecule has 4 rings (SSSR count). The van der Waals surface area contributed by atoms with E-state index >= 15 is 0 Å². The summed E-state index contributed by atoms with van der Waals surface area (Å²) in [6.45, 7) is 1.03. The van der Waals surface area contributed by atoms with E-state index in [1.807, 2.05) is 4.90 Å². The van der Waals surface area contributed by atoms with Gasteiger partial charge in [0.05, 0.1) is 18.4 Å². The Bertz CT molecular complexity index is 1060. The Morgan fingerprint density at radius 2 is 1.76 bits per heavy atom. The second-order valence-electron chi connectivity index (χ2n) is 8.33. The lowest BCUT2D eigenvalue weighted by Gasteiger charge is -2.29. The normalized spacial score (nSPS) is 22.6. The smallest absolute Gasteiger partial charge is 0.407 e. The molecule has 1 aromatic carbocycles. The molecule has 2 heterocycles. The van der Waals surface area contributed by atoms with Crippen LogP contribution in [0.25, 0.3) is 0 Å². The molecule has 1 aliphatic heterocycles. The molecule has 2 aromatic rings. The minimum atomic E-state index is -0.476. The first-order valence-electron chi connectivity index (χ1n) is 10.9. The van der Waals surface area contributed by atoms with Crippen molar-refractivity contribution in [3.8, 4) is 0 Å². The molecule has 33 heavy (non-hydrogen) atoms. The fourth-order valence-corrected chi connectivity index (χ4v) is 4.45. The Labute approximate surface area is 194 Å². The average Bonchev–Trinajstić information content (AvgIpc) is 3.25. The highest BCUT2D eigenvalue weighted by Gasteiger charge is 2.29. The van der Waals surface area contributed by atoms with Gasteiger partial charge in [0.15, 0.2) is 0 Å². The Hall–Kier alpha value is -3.14. The summed E-state index contributed by atoms with van der Waals surface area (Å²) in [5.74, 6) is -0.612. The average molecular weight is 478 g/mol. The lowest BCUT2D eigenvalue weighted by molar-refractivity contribution is 0.0908. The molecule has 9 nitrogen and oxygen atoms in total. The fraction of sp³-hybridized carbons (Fsp3) is 0.455. The molecular formula is C22H25ClFN5O4. The van der Waals surface area contributed by atoms with Crippen molar-refractivity contribution in [1.29, 1.82) is 0 Å². The van der Waals surface area contributed by atoms with Crippen molar-refractivity contribution in [2.45, 2.75) is 50.3 Å². The number of carbonyl (C=O) groups excluding carboxylic acids is 2. The Morgan fingerprint density at radius 1 is 1.09 bits per heavy atom. The molecule has 176 valence electrons. The molecule has 1 saturated heterocycles. The quantitative estimate of drug-likeness (QED) is 0.609. The van der Waals surface area contributed by atoms with Crippen molar-refractivity contribution >= 4 is 29.3 Å². The summed E-state index contributed by atoms with van der Waals surface area (Å²) in [5, 5.41) is 12.0. The van der Waals surface area contributed by atoms with Crippen LogP contribution < -0.4 is 21.1 Å². The highest BCUT2D eigenvalue weighted by Crippen LogP contribution is 2.26. The molecule has 0 spiro atoms. The number of halogens is 2. The molecule has 1 atom stereocenters. The molecule has 2 amide bonds. The number of aromatic amines is 1. The maximum absolute atomic E-state index is 13.0. The zero-order valence-electron chi connectivity index (χ0n) is 17.9. The number of hydrogen-bond donors (Lipinski definition) is 3. The Kier molecular flexibility index (Phi) is 7.12. The van der Waals surface area contributed by atoms with E-state index in [0.717, 1.165) is 12.8 Å². The second-order valence-corrected chi connectivity index (χ2v) is 8.71. The number of alkyl carbamates (subject to hydrolysis) is 1. The molecule has 1 aromatic heterocycles. The van der Waals surface area contributed by atoms with Gasteiger partial charge in [-0.15, -0.1) is 0 Å². The number of ether oxygens (including phenoxy) is 1. The van der Waals surface area contributed by atoms with Crippen LogP contribution in [0.3, 0.4) is 0 Å². The van der Waals surface area contributed by atoms with Crippen LogP contribution in [0.15, 0.2) is 35.3 Å². The predicted octanol–water partition coefficient (Wildman–Crippen LogP) is 2.61. The van der Waals surface area contributed by atoms with Gasteiger partial charge in [-0.25, -0.2) is 14.3 Å². The molecule has 2 fully saturated rings. The summed E-state index contributed by atoms with van der Waals surface area (Å²) in [4.78, 5) is 38.2. The minimum Gasteiger partial charge on any atom is -0.444 e. The molecule has 3 N–H and O–H groups in total. The molecule has 11 heteroatoms. The van der Waals surface area contributed by atoms with E-state index in [4.69, 9.17) is 16.3 Å². The summed E-state index contributed by atoms with van der Waals surface area (Å²) >= 11 is 6.05. The monoisotopic (exact) mass is 477 g/mol. The van der Waals surface area contributed by atoms with Gasteiger partial charge in [0.1, 0.15) is 16.9 Å². The summed E-state index contributed by atoms with van der Waals surface area (Å²) in [6, 6.07) is 5.41. The van der Waals surface area contributed by atoms with Crippen LogP contribution in [-0.2, 0) is 4.74 Å². The van der Waals surface area contributed by atoms with Crippen LogP contribution in [0.5, 0.6) is 0 Å². The van der Waals surface area contributed by atoms with Gasteiger partial charge in [-0.2, -0.15) is 5.10 Å². The Morgan fingerprint density at radius 3 is 2.45 bits per heavy atom. The van der Waals surface area contributed by atoms with Gasteiger partial charge >= 0.3 is 6.09 Å². The van der Waals surface area contributed by atoms with Gasteiger partial charge in [0, 0.05) is 30.6 Å². The topological polar surface area (TPSA) is 116 Å². The number of aromatic nitrogens is 2. The first-order chi connectivity index (χ1) is 15.9. The van der Waals surface area contributed by atoms with Crippen LogP contribution >= 0.6 is 11.6 Å². The second kappa shape index (κ2) is 10.2. The number of amides is 2. The number of anilines is 1. The van der Waals surface area contributed by atoms with Gasteiger partial charge in [-0.1, -0.05) is 11.6 Å². The van der Waals surface area contributed by atoms with Crippen LogP contribution in [0, 0.1) is 5.82 Å². The van der Waals surface area contributed by atoms with E-state index in [2.05, 4.69) is 20.8 Å². The van der Waals surface area contributed by atoms with Gasteiger partial charge in [0.2, 0.25) is 0 Å². The van der Waals surface area contributed by atoms with E-state index in [-0.39, 0.29) is 34.9 Å². The molecule has 1 saturated carbocycles. The van der Waals surface area contributed by atoms with Crippen LogP contribution in [0.4, 0.5) is 14.9 Å². The number of carbonyl (C=O) groups is 2. The van der Waals surface area contributed by atoms with Crippen molar-refractivity contribution in [3.63, 3.8) is 0 Å². The first-order valence-corrected chi connectivity index (χ1v) is 11.3. The largest absolute Gasteiger partial charge is 0.444 e. The molecule has 1 aliphatic carbocycles. The SMILES string of the molecule is O=C(NC1CCC(NC(=O)c2ccc(F)cc2)CC1)O[C@@H]1CCN(c2cn[nH]c(=O)c2Cl)C1. The highest BCUT2D eigenvalue weighted by atomic mass is 35.5. The zero-order valence-corrected chi connectivity index (χ0v) is 18.6. The highest BCUT2D eigenvalue weighted by molar-refractivity contribution is 6.33. The number of rotatable bonds is 5. The molecule has 0 radical (unpaired) electrons. The number of nitrogens with zero attached hydrogens (tertiary/aromatic N) is 2. The van der Waals surface area contributed by atoms with Crippen LogP contribution in [-0.4, -0.2) is 53.5 Å².